The highest BCUT2D eigenvalue weighted by Crippen LogP contribution is 2.53. The van der Waals surface area contributed by atoms with Crippen molar-refractivity contribution in [3.63, 3.8) is 0 Å². The summed E-state index contributed by atoms with van der Waals surface area (Å²) in [6, 6.07) is 0. The summed E-state index contributed by atoms with van der Waals surface area (Å²) in [5.41, 5.74) is 0. The van der Waals surface area contributed by atoms with E-state index >= 15 is 0 Å². The third-order valence-corrected chi connectivity index (χ3v) is 16.7. The SMILES string of the molecule is CC(C)CP(CC(C)C)c1c(C2CCCCC2)sc(C2CCCCC2)c1P(CC(C)C)CC(C)C. The maximum atomic E-state index is 2.50. The van der Waals surface area contributed by atoms with Crippen LogP contribution in [0.15, 0.2) is 0 Å². The minimum Gasteiger partial charge on any atom is -0.143 e. The van der Waals surface area contributed by atoms with Crippen molar-refractivity contribution in [1.29, 1.82) is 0 Å². The molecule has 2 aliphatic carbocycles. The average molecular weight is 537 g/mol. The fourth-order valence-electron chi connectivity index (χ4n) is 6.62. The van der Waals surface area contributed by atoms with Crippen LogP contribution in [0.1, 0.15) is 141 Å². The van der Waals surface area contributed by atoms with E-state index in [9.17, 15) is 0 Å². The predicted octanol–water partition coefficient (Wildman–Crippen LogP) is 10.7. The molecule has 3 heteroatoms. The van der Waals surface area contributed by atoms with Crippen LogP contribution in [0.4, 0.5) is 0 Å². The second-order valence-corrected chi connectivity index (χ2v) is 19.2. The first-order chi connectivity index (χ1) is 16.7. The molecule has 2 saturated carbocycles. The Morgan fingerprint density at radius 2 is 0.800 bits per heavy atom. The van der Waals surface area contributed by atoms with Crippen LogP contribution < -0.4 is 10.6 Å². The summed E-state index contributed by atoms with van der Waals surface area (Å²) >= 11 is 2.40. The van der Waals surface area contributed by atoms with Gasteiger partial charge in [0.1, 0.15) is 0 Å². The van der Waals surface area contributed by atoms with E-state index in [4.69, 9.17) is 0 Å². The third-order valence-electron chi connectivity index (χ3n) is 7.84. The lowest BCUT2D eigenvalue weighted by Crippen LogP contribution is -2.31. The molecule has 1 heterocycles. The smallest absolute Gasteiger partial charge is 0.0163 e. The molecule has 0 aliphatic heterocycles. The maximum absolute atomic E-state index is 2.50. The molecule has 202 valence electrons. The molecule has 0 saturated heterocycles. The number of hydrogen-bond donors (Lipinski definition) is 0. The van der Waals surface area contributed by atoms with E-state index in [-0.39, 0.29) is 15.8 Å². The first-order valence-electron chi connectivity index (χ1n) is 15.3. The summed E-state index contributed by atoms with van der Waals surface area (Å²) < 4.78 is 0. The molecule has 0 spiro atoms. The zero-order valence-electron chi connectivity index (χ0n) is 24.7. The van der Waals surface area contributed by atoms with Crippen LogP contribution in [-0.4, -0.2) is 24.6 Å². The highest BCUT2D eigenvalue weighted by molar-refractivity contribution is 7.73. The van der Waals surface area contributed by atoms with Crippen LogP contribution in [0, 0.1) is 23.7 Å². The van der Waals surface area contributed by atoms with Crippen molar-refractivity contribution >= 4 is 37.8 Å². The van der Waals surface area contributed by atoms with E-state index in [0.29, 0.717) is 0 Å². The molecule has 2 aliphatic rings. The normalized spacial score (nSPS) is 18.9. The molecule has 0 N–H and O–H groups in total. The van der Waals surface area contributed by atoms with Gasteiger partial charge in [0.15, 0.2) is 0 Å². The fraction of sp³-hybridized carbons (Fsp3) is 0.875. The van der Waals surface area contributed by atoms with Gasteiger partial charge in [-0.2, -0.15) is 0 Å². The number of thiophene rings is 1. The monoisotopic (exact) mass is 536 g/mol. The Kier molecular flexibility index (Phi) is 12.6. The summed E-state index contributed by atoms with van der Waals surface area (Å²) in [7, 11) is -0.114. The fourth-order valence-corrected chi connectivity index (χ4v) is 16.5. The van der Waals surface area contributed by atoms with Crippen LogP contribution in [0.5, 0.6) is 0 Å². The third kappa shape index (κ3) is 8.79. The number of rotatable bonds is 12. The summed E-state index contributed by atoms with van der Waals surface area (Å²) in [5, 5.41) is 4.04. The highest BCUT2D eigenvalue weighted by Gasteiger charge is 2.36. The Balaban J connectivity index is 2.23. The molecule has 0 nitrogen and oxygen atoms in total. The van der Waals surface area contributed by atoms with E-state index in [1.807, 2.05) is 20.4 Å². The van der Waals surface area contributed by atoms with E-state index in [0.717, 1.165) is 35.5 Å². The molecular weight excluding hydrogens is 478 g/mol. The van der Waals surface area contributed by atoms with E-state index in [1.165, 1.54) is 88.9 Å². The molecule has 35 heavy (non-hydrogen) atoms. The molecule has 0 aromatic carbocycles. The van der Waals surface area contributed by atoms with E-state index in [1.54, 1.807) is 0 Å². The molecule has 0 amide bonds. The first kappa shape index (κ1) is 30.1. The van der Waals surface area contributed by atoms with E-state index in [2.05, 4.69) is 66.7 Å². The van der Waals surface area contributed by atoms with Gasteiger partial charge in [-0.3, -0.25) is 0 Å². The molecule has 0 unspecified atom stereocenters. The minimum absolute atomic E-state index is 0.0571. The molecule has 1 aromatic heterocycles. The van der Waals surface area contributed by atoms with Gasteiger partial charge in [-0.05, 0) is 96.4 Å². The van der Waals surface area contributed by atoms with E-state index < -0.39 is 0 Å². The van der Waals surface area contributed by atoms with Gasteiger partial charge in [-0.1, -0.05) is 110 Å². The molecular formula is C32H58P2S. The lowest BCUT2D eigenvalue weighted by molar-refractivity contribution is 0.448. The van der Waals surface area contributed by atoms with Gasteiger partial charge in [-0.15, -0.1) is 11.3 Å². The lowest BCUT2D eigenvalue weighted by atomic mass is 9.87. The van der Waals surface area contributed by atoms with Gasteiger partial charge in [0.05, 0.1) is 0 Å². The highest BCUT2D eigenvalue weighted by atomic mass is 32.1. The molecule has 3 rings (SSSR count). The standard InChI is InChI=1S/C32H58P2S/c1-23(2)19-33(20-24(3)4)29-30(34(21-25(5)6)22-26(7)8)32(28-17-13-10-14-18-28)35-31(29)27-15-11-9-12-16-27/h23-28H,9-22H2,1-8H3. The van der Waals surface area contributed by atoms with Crippen LogP contribution in [-0.2, 0) is 0 Å². The van der Waals surface area contributed by atoms with Crippen molar-refractivity contribution < 1.29 is 0 Å². The second-order valence-electron chi connectivity index (χ2n) is 13.6. The zero-order valence-corrected chi connectivity index (χ0v) is 27.3. The van der Waals surface area contributed by atoms with Gasteiger partial charge >= 0.3 is 0 Å². The Bertz CT molecular complexity index is 654. The van der Waals surface area contributed by atoms with Crippen molar-refractivity contribution in [2.45, 2.75) is 131 Å². The van der Waals surface area contributed by atoms with Gasteiger partial charge < -0.3 is 0 Å². The second kappa shape index (κ2) is 14.6. The summed E-state index contributed by atoms with van der Waals surface area (Å²) in [6.45, 7) is 20.0. The van der Waals surface area contributed by atoms with Gasteiger partial charge in [0.2, 0.25) is 0 Å². The maximum Gasteiger partial charge on any atom is 0.0163 e. The van der Waals surface area contributed by atoms with Gasteiger partial charge in [0.25, 0.3) is 0 Å². The summed E-state index contributed by atoms with van der Waals surface area (Å²) in [6.07, 6.45) is 20.5. The Labute approximate surface area is 226 Å². The molecule has 0 radical (unpaired) electrons. The predicted molar refractivity (Wildman–Crippen MR) is 168 cm³/mol. The van der Waals surface area contributed by atoms with Crippen LogP contribution in [0.2, 0.25) is 0 Å². The van der Waals surface area contributed by atoms with Gasteiger partial charge in [-0.25, -0.2) is 0 Å². The topological polar surface area (TPSA) is 0 Å². The Hall–Kier alpha value is 0.560. The van der Waals surface area contributed by atoms with Crippen LogP contribution in [0.3, 0.4) is 0 Å². The van der Waals surface area contributed by atoms with Crippen molar-refractivity contribution in [1.82, 2.24) is 0 Å². The quantitative estimate of drug-likeness (QED) is 0.233. The van der Waals surface area contributed by atoms with Crippen molar-refractivity contribution in [3.8, 4) is 0 Å². The Morgan fingerprint density at radius 3 is 1.06 bits per heavy atom. The lowest BCUT2D eigenvalue weighted by Gasteiger charge is -2.32. The number of hydrogen-bond acceptors (Lipinski definition) is 1. The minimum atomic E-state index is -0.0571. The largest absolute Gasteiger partial charge is 0.143 e. The average Bonchev–Trinajstić information content (AvgIpc) is 3.19. The van der Waals surface area contributed by atoms with Crippen molar-refractivity contribution in [2.24, 2.45) is 23.7 Å². The first-order valence-corrected chi connectivity index (χ1v) is 19.6. The summed E-state index contributed by atoms with van der Waals surface area (Å²) in [5.74, 6) is 4.99. The van der Waals surface area contributed by atoms with Crippen molar-refractivity contribution in [2.75, 3.05) is 24.6 Å². The zero-order chi connectivity index (χ0) is 25.5. The van der Waals surface area contributed by atoms with Crippen molar-refractivity contribution in [3.05, 3.63) is 9.75 Å². The van der Waals surface area contributed by atoms with Gasteiger partial charge in [0, 0.05) is 9.75 Å². The van der Waals surface area contributed by atoms with Crippen LogP contribution in [0.25, 0.3) is 0 Å². The molecule has 2 fully saturated rings. The van der Waals surface area contributed by atoms with Crippen LogP contribution >= 0.6 is 27.2 Å². The summed E-state index contributed by atoms with van der Waals surface area (Å²) in [4.78, 5) is 3.88. The Morgan fingerprint density at radius 1 is 0.514 bits per heavy atom. The molecule has 0 bridgehead atoms. The molecule has 0 atom stereocenters. The molecule has 1 aromatic rings.